The van der Waals surface area contributed by atoms with E-state index in [2.05, 4.69) is 15.6 Å². The van der Waals surface area contributed by atoms with Crippen molar-refractivity contribution in [2.24, 2.45) is 0 Å². The largest absolute Gasteiger partial charge is 0.325 e. The van der Waals surface area contributed by atoms with Crippen molar-refractivity contribution in [3.63, 3.8) is 0 Å². The summed E-state index contributed by atoms with van der Waals surface area (Å²) in [5.74, 6) is 0.545. The van der Waals surface area contributed by atoms with Crippen LogP contribution in [-0.4, -0.2) is 22.6 Å². The summed E-state index contributed by atoms with van der Waals surface area (Å²) < 4.78 is 0. The Morgan fingerprint density at radius 3 is 2.74 bits per heavy atom. The summed E-state index contributed by atoms with van der Waals surface area (Å²) in [4.78, 5) is 28.4. The van der Waals surface area contributed by atoms with Crippen LogP contribution in [0.5, 0.6) is 0 Å². The molecule has 1 heterocycles. The second kappa shape index (κ2) is 9.55. The minimum Gasteiger partial charge on any atom is -0.325 e. The third-order valence-electron chi connectivity index (χ3n) is 3.51. The fourth-order valence-corrected chi connectivity index (χ4v) is 3.90. The van der Waals surface area contributed by atoms with E-state index in [4.69, 9.17) is 11.6 Å². The molecule has 2 N–H and O–H groups in total. The van der Waals surface area contributed by atoms with Gasteiger partial charge in [0.2, 0.25) is 5.91 Å². The highest BCUT2D eigenvalue weighted by Crippen LogP contribution is 2.21. The second-order valence-corrected chi connectivity index (χ2v) is 7.79. The Bertz CT molecular complexity index is 932. The van der Waals surface area contributed by atoms with Crippen LogP contribution >= 0.6 is 34.7 Å². The molecule has 0 unspecified atom stereocenters. The molecule has 0 atom stereocenters. The molecule has 3 aromatic rings. The van der Waals surface area contributed by atoms with Crippen LogP contribution in [0.3, 0.4) is 0 Å². The molecule has 0 radical (unpaired) electrons. The standard InChI is InChI=1S/C19H16ClN3O2S2/c20-16-7-2-1-4-14(16)11-26-12-17(24)22-15-6-3-5-13(10-15)18(25)23-19-21-8-9-27-19/h1-10H,11-12H2,(H,22,24)(H,21,23,25). The van der Waals surface area contributed by atoms with Gasteiger partial charge in [0, 0.05) is 33.6 Å². The van der Waals surface area contributed by atoms with E-state index in [0.717, 1.165) is 5.56 Å². The van der Waals surface area contributed by atoms with Gasteiger partial charge in [-0.25, -0.2) is 4.98 Å². The number of carbonyl (C=O) groups is 2. The fraction of sp³-hybridized carbons (Fsp3) is 0.105. The van der Waals surface area contributed by atoms with Crippen LogP contribution in [0.15, 0.2) is 60.1 Å². The average molecular weight is 418 g/mol. The molecule has 0 saturated heterocycles. The van der Waals surface area contributed by atoms with Crippen LogP contribution < -0.4 is 10.6 Å². The van der Waals surface area contributed by atoms with Gasteiger partial charge in [-0.1, -0.05) is 35.9 Å². The highest BCUT2D eigenvalue weighted by molar-refractivity contribution is 7.99. The topological polar surface area (TPSA) is 71.1 Å². The fourth-order valence-electron chi connectivity index (χ4n) is 2.26. The molecule has 5 nitrogen and oxygen atoms in total. The summed E-state index contributed by atoms with van der Waals surface area (Å²) in [5, 5.41) is 8.54. The molecule has 8 heteroatoms. The van der Waals surface area contributed by atoms with Gasteiger partial charge in [0.1, 0.15) is 0 Å². The number of hydrogen-bond acceptors (Lipinski definition) is 5. The monoisotopic (exact) mass is 417 g/mol. The normalized spacial score (nSPS) is 10.4. The molecule has 0 aliphatic rings. The third-order valence-corrected chi connectivity index (χ3v) is 5.55. The van der Waals surface area contributed by atoms with E-state index in [1.165, 1.54) is 23.1 Å². The van der Waals surface area contributed by atoms with Crippen LogP contribution in [0.4, 0.5) is 10.8 Å². The van der Waals surface area contributed by atoms with Gasteiger partial charge in [0.05, 0.1) is 5.75 Å². The Balaban J connectivity index is 1.52. The maximum absolute atomic E-state index is 12.2. The smallest absolute Gasteiger partial charge is 0.257 e. The zero-order chi connectivity index (χ0) is 19.1. The number of aromatic nitrogens is 1. The Morgan fingerprint density at radius 1 is 1.11 bits per heavy atom. The average Bonchev–Trinajstić information content (AvgIpc) is 3.16. The van der Waals surface area contributed by atoms with Crippen molar-refractivity contribution in [3.05, 3.63) is 76.3 Å². The minimum atomic E-state index is -0.269. The molecule has 0 bridgehead atoms. The zero-order valence-corrected chi connectivity index (χ0v) is 16.5. The van der Waals surface area contributed by atoms with E-state index in [9.17, 15) is 9.59 Å². The number of halogens is 1. The van der Waals surface area contributed by atoms with Gasteiger partial charge in [-0.2, -0.15) is 0 Å². The van der Waals surface area contributed by atoms with E-state index in [0.29, 0.717) is 32.9 Å². The van der Waals surface area contributed by atoms with Crippen molar-refractivity contribution < 1.29 is 9.59 Å². The summed E-state index contributed by atoms with van der Waals surface area (Å²) >= 11 is 8.93. The number of amides is 2. The van der Waals surface area contributed by atoms with Gasteiger partial charge in [-0.05, 0) is 29.8 Å². The first-order valence-corrected chi connectivity index (χ1v) is 10.4. The maximum Gasteiger partial charge on any atom is 0.257 e. The number of rotatable bonds is 7. The number of anilines is 2. The van der Waals surface area contributed by atoms with E-state index < -0.39 is 0 Å². The predicted octanol–water partition coefficient (Wildman–Crippen LogP) is 4.92. The maximum atomic E-state index is 12.2. The number of benzene rings is 2. The summed E-state index contributed by atoms with van der Waals surface area (Å²) in [6, 6.07) is 14.4. The van der Waals surface area contributed by atoms with Crippen molar-refractivity contribution >= 4 is 57.3 Å². The van der Waals surface area contributed by atoms with Crippen LogP contribution in [0.25, 0.3) is 0 Å². The lowest BCUT2D eigenvalue weighted by atomic mass is 10.2. The zero-order valence-electron chi connectivity index (χ0n) is 14.1. The van der Waals surface area contributed by atoms with E-state index in [1.807, 2.05) is 24.3 Å². The summed E-state index contributed by atoms with van der Waals surface area (Å²) in [6.45, 7) is 0. The number of hydrogen-bond donors (Lipinski definition) is 2. The van der Waals surface area contributed by atoms with Crippen molar-refractivity contribution in [2.45, 2.75) is 5.75 Å². The lowest BCUT2D eigenvalue weighted by Crippen LogP contribution is -2.16. The Hall–Kier alpha value is -2.35. The third kappa shape index (κ3) is 5.82. The van der Waals surface area contributed by atoms with Gasteiger partial charge < -0.3 is 5.32 Å². The summed E-state index contributed by atoms with van der Waals surface area (Å²) in [5.41, 5.74) is 2.02. The molecule has 3 rings (SSSR count). The van der Waals surface area contributed by atoms with Gasteiger partial charge in [-0.15, -0.1) is 23.1 Å². The minimum absolute atomic E-state index is 0.135. The number of carbonyl (C=O) groups excluding carboxylic acids is 2. The number of thiazole rings is 1. The van der Waals surface area contributed by atoms with Crippen LogP contribution in [0.2, 0.25) is 5.02 Å². The molecule has 2 aromatic carbocycles. The Labute approximate surface area is 170 Å². The van der Waals surface area contributed by atoms with E-state index >= 15 is 0 Å². The lowest BCUT2D eigenvalue weighted by molar-refractivity contribution is -0.113. The molecule has 2 amide bonds. The highest BCUT2D eigenvalue weighted by atomic mass is 35.5. The Kier molecular flexibility index (Phi) is 6.86. The van der Waals surface area contributed by atoms with Gasteiger partial charge in [-0.3, -0.25) is 14.9 Å². The molecule has 138 valence electrons. The molecule has 0 aliphatic carbocycles. The van der Waals surface area contributed by atoms with Crippen molar-refractivity contribution in [1.82, 2.24) is 4.98 Å². The lowest BCUT2D eigenvalue weighted by Gasteiger charge is -2.08. The summed E-state index contributed by atoms with van der Waals surface area (Å²) in [7, 11) is 0. The Morgan fingerprint density at radius 2 is 1.96 bits per heavy atom. The van der Waals surface area contributed by atoms with Crippen molar-refractivity contribution in [1.29, 1.82) is 0 Å². The molecule has 0 aliphatic heterocycles. The molecule has 0 saturated carbocycles. The first kappa shape index (κ1) is 19.4. The van der Waals surface area contributed by atoms with Crippen molar-refractivity contribution in [2.75, 3.05) is 16.4 Å². The second-order valence-electron chi connectivity index (χ2n) is 5.50. The first-order valence-electron chi connectivity index (χ1n) is 8.04. The predicted molar refractivity (Wildman–Crippen MR) is 113 cm³/mol. The van der Waals surface area contributed by atoms with E-state index in [1.54, 1.807) is 35.8 Å². The van der Waals surface area contributed by atoms with E-state index in [-0.39, 0.29) is 11.8 Å². The quantitative estimate of drug-likeness (QED) is 0.572. The van der Waals surface area contributed by atoms with Gasteiger partial charge >= 0.3 is 0 Å². The molecule has 1 aromatic heterocycles. The number of nitrogens with one attached hydrogen (secondary N) is 2. The number of nitrogens with zero attached hydrogens (tertiary/aromatic N) is 1. The van der Waals surface area contributed by atoms with Gasteiger partial charge in [0.25, 0.3) is 5.91 Å². The van der Waals surface area contributed by atoms with Crippen LogP contribution in [0, 0.1) is 0 Å². The highest BCUT2D eigenvalue weighted by Gasteiger charge is 2.10. The molecule has 27 heavy (non-hydrogen) atoms. The van der Waals surface area contributed by atoms with Gasteiger partial charge in [0.15, 0.2) is 5.13 Å². The first-order chi connectivity index (χ1) is 13.1. The van der Waals surface area contributed by atoms with Crippen LogP contribution in [-0.2, 0) is 10.5 Å². The molecular formula is C19H16ClN3O2S2. The molecular weight excluding hydrogens is 402 g/mol. The van der Waals surface area contributed by atoms with Crippen molar-refractivity contribution in [3.8, 4) is 0 Å². The number of thioether (sulfide) groups is 1. The van der Waals surface area contributed by atoms with Crippen LogP contribution in [0.1, 0.15) is 15.9 Å². The summed E-state index contributed by atoms with van der Waals surface area (Å²) in [6.07, 6.45) is 1.62. The molecule has 0 fully saturated rings. The molecule has 0 spiro atoms. The SMILES string of the molecule is O=C(CSCc1ccccc1Cl)Nc1cccc(C(=O)Nc2nccs2)c1.